The molecule has 0 radical (unpaired) electrons. The maximum absolute atomic E-state index is 11.9. The molecule has 4 nitrogen and oxygen atoms in total. The second kappa shape index (κ2) is 6.21. The molecule has 1 aromatic heterocycles. The molecule has 0 aliphatic heterocycles. The fourth-order valence-electron chi connectivity index (χ4n) is 1.82. The van der Waals surface area contributed by atoms with E-state index in [4.69, 9.17) is 4.74 Å². The number of carbonyl (C=O) groups excluding carboxylic acids is 1. The largest absolute Gasteiger partial charge is 0.382 e. The monoisotopic (exact) mass is 246 g/mol. The van der Waals surface area contributed by atoms with Crippen molar-refractivity contribution in [2.75, 3.05) is 19.8 Å². The third-order valence-corrected chi connectivity index (χ3v) is 2.77. The topological polar surface area (TPSA) is 54.1 Å². The molecule has 1 heterocycles. The van der Waals surface area contributed by atoms with E-state index in [1.807, 2.05) is 37.4 Å². The molecular formula is C14H18N2O2. The Balaban J connectivity index is 1.88. The first kappa shape index (κ1) is 12.6. The zero-order chi connectivity index (χ0) is 12.8. The van der Waals surface area contributed by atoms with Crippen molar-refractivity contribution < 1.29 is 9.53 Å². The second-order valence-corrected chi connectivity index (χ2v) is 4.09. The molecule has 2 aromatic rings. The number of hydrogen-bond donors (Lipinski definition) is 2. The second-order valence-electron chi connectivity index (χ2n) is 4.09. The van der Waals surface area contributed by atoms with Gasteiger partial charge >= 0.3 is 0 Å². The Kier molecular flexibility index (Phi) is 4.36. The molecule has 0 unspecified atom stereocenters. The van der Waals surface area contributed by atoms with Crippen LogP contribution in [0.15, 0.2) is 30.5 Å². The third-order valence-electron chi connectivity index (χ3n) is 2.77. The van der Waals surface area contributed by atoms with Crippen molar-refractivity contribution >= 4 is 16.8 Å². The van der Waals surface area contributed by atoms with Crippen molar-refractivity contribution in [1.82, 2.24) is 10.3 Å². The van der Waals surface area contributed by atoms with Gasteiger partial charge in [-0.3, -0.25) is 4.79 Å². The first-order chi connectivity index (χ1) is 8.81. The van der Waals surface area contributed by atoms with Crippen LogP contribution in [0.2, 0.25) is 0 Å². The number of H-pyrrole nitrogens is 1. The predicted molar refractivity (Wildman–Crippen MR) is 71.7 cm³/mol. The number of fused-ring (bicyclic) bond motifs is 1. The van der Waals surface area contributed by atoms with Crippen molar-refractivity contribution in [1.29, 1.82) is 0 Å². The summed E-state index contributed by atoms with van der Waals surface area (Å²) in [5.74, 6) is -0.0328. The molecule has 0 aliphatic rings. The minimum atomic E-state index is -0.0328. The quantitative estimate of drug-likeness (QED) is 0.768. The number of rotatable bonds is 6. The number of aromatic nitrogens is 1. The zero-order valence-electron chi connectivity index (χ0n) is 10.5. The minimum absolute atomic E-state index is 0.0328. The number of aromatic amines is 1. The van der Waals surface area contributed by atoms with E-state index in [9.17, 15) is 4.79 Å². The van der Waals surface area contributed by atoms with E-state index in [2.05, 4.69) is 10.3 Å². The molecule has 96 valence electrons. The van der Waals surface area contributed by atoms with Crippen LogP contribution < -0.4 is 5.32 Å². The van der Waals surface area contributed by atoms with Gasteiger partial charge in [0.2, 0.25) is 0 Å². The molecule has 0 saturated carbocycles. The lowest BCUT2D eigenvalue weighted by atomic mass is 10.1. The van der Waals surface area contributed by atoms with Gasteiger partial charge in [-0.25, -0.2) is 0 Å². The van der Waals surface area contributed by atoms with Crippen molar-refractivity contribution in [2.24, 2.45) is 0 Å². The van der Waals surface area contributed by atoms with Crippen molar-refractivity contribution in [3.63, 3.8) is 0 Å². The fraction of sp³-hybridized carbons (Fsp3) is 0.357. The molecule has 18 heavy (non-hydrogen) atoms. The van der Waals surface area contributed by atoms with Crippen LogP contribution in [0.5, 0.6) is 0 Å². The molecule has 0 fully saturated rings. The molecule has 2 rings (SSSR count). The number of carbonyl (C=O) groups is 1. The highest BCUT2D eigenvalue weighted by molar-refractivity contribution is 5.98. The molecule has 0 spiro atoms. The average molecular weight is 246 g/mol. The van der Waals surface area contributed by atoms with Gasteiger partial charge in [0.1, 0.15) is 0 Å². The normalized spacial score (nSPS) is 10.7. The summed E-state index contributed by atoms with van der Waals surface area (Å²) in [6.07, 6.45) is 2.71. The lowest BCUT2D eigenvalue weighted by Gasteiger charge is -2.05. The van der Waals surface area contributed by atoms with Gasteiger partial charge in [0.15, 0.2) is 0 Å². The highest BCUT2D eigenvalue weighted by Crippen LogP contribution is 2.14. The summed E-state index contributed by atoms with van der Waals surface area (Å²) in [6.45, 7) is 4.01. The minimum Gasteiger partial charge on any atom is -0.382 e. The highest BCUT2D eigenvalue weighted by Gasteiger charge is 2.05. The van der Waals surface area contributed by atoms with E-state index in [0.29, 0.717) is 18.7 Å². The predicted octanol–water partition coefficient (Wildman–Crippen LogP) is 2.32. The van der Waals surface area contributed by atoms with E-state index in [0.717, 1.165) is 23.9 Å². The summed E-state index contributed by atoms with van der Waals surface area (Å²) in [5, 5.41) is 3.94. The first-order valence-electron chi connectivity index (χ1n) is 6.24. The van der Waals surface area contributed by atoms with Crippen molar-refractivity contribution in [3.8, 4) is 0 Å². The van der Waals surface area contributed by atoms with E-state index in [1.165, 1.54) is 0 Å². The van der Waals surface area contributed by atoms with Gasteiger partial charge in [0.05, 0.1) is 0 Å². The van der Waals surface area contributed by atoms with E-state index >= 15 is 0 Å². The average Bonchev–Trinajstić information content (AvgIpc) is 2.85. The first-order valence-corrected chi connectivity index (χ1v) is 6.24. The van der Waals surface area contributed by atoms with Crippen LogP contribution in [-0.2, 0) is 4.74 Å². The number of amides is 1. The number of benzene rings is 1. The molecular weight excluding hydrogens is 228 g/mol. The molecule has 0 saturated heterocycles. The Labute approximate surface area is 106 Å². The maximum atomic E-state index is 11.9. The molecule has 0 atom stereocenters. The maximum Gasteiger partial charge on any atom is 0.251 e. The van der Waals surface area contributed by atoms with Gasteiger partial charge in [0.25, 0.3) is 5.91 Å². The molecule has 0 aliphatic carbocycles. The van der Waals surface area contributed by atoms with Crippen LogP contribution in [0.4, 0.5) is 0 Å². The van der Waals surface area contributed by atoms with E-state index in [-0.39, 0.29) is 5.91 Å². The van der Waals surface area contributed by atoms with Gasteiger partial charge in [0, 0.05) is 42.4 Å². The molecule has 2 N–H and O–H groups in total. The summed E-state index contributed by atoms with van der Waals surface area (Å²) < 4.78 is 5.21. The van der Waals surface area contributed by atoms with Crippen LogP contribution in [0.3, 0.4) is 0 Å². The summed E-state index contributed by atoms with van der Waals surface area (Å²) in [5.41, 5.74) is 1.74. The molecule has 1 amide bonds. The van der Waals surface area contributed by atoms with Crippen LogP contribution in [-0.4, -0.2) is 30.6 Å². The van der Waals surface area contributed by atoms with Crippen LogP contribution in [0.1, 0.15) is 23.7 Å². The smallest absolute Gasteiger partial charge is 0.251 e. The zero-order valence-corrected chi connectivity index (χ0v) is 10.5. The lowest BCUT2D eigenvalue weighted by Crippen LogP contribution is -2.25. The van der Waals surface area contributed by atoms with Crippen LogP contribution in [0.25, 0.3) is 10.9 Å². The van der Waals surface area contributed by atoms with Crippen LogP contribution >= 0.6 is 0 Å². The Bertz CT molecular complexity index is 519. The number of nitrogens with one attached hydrogen (secondary N) is 2. The van der Waals surface area contributed by atoms with Gasteiger partial charge in [-0.05, 0) is 37.6 Å². The Morgan fingerprint density at radius 3 is 3.11 bits per heavy atom. The lowest BCUT2D eigenvalue weighted by molar-refractivity contribution is 0.0944. The Morgan fingerprint density at radius 1 is 1.39 bits per heavy atom. The number of ether oxygens (including phenoxy) is 1. The Morgan fingerprint density at radius 2 is 2.28 bits per heavy atom. The Hall–Kier alpha value is -1.81. The van der Waals surface area contributed by atoms with Crippen molar-refractivity contribution in [3.05, 3.63) is 36.0 Å². The van der Waals surface area contributed by atoms with Crippen molar-refractivity contribution in [2.45, 2.75) is 13.3 Å². The van der Waals surface area contributed by atoms with Gasteiger partial charge in [-0.15, -0.1) is 0 Å². The van der Waals surface area contributed by atoms with Gasteiger partial charge in [-0.1, -0.05) is 0 Å². The van der Waals surface area contributed by atoms with Gasteiger partial charge < -0.3 is 15.0 Å². The third kappa shape index (κ3) is 3.11. The van der Waals surface area contributed by atoms with Crippen LogP contribution in [0, 0.1) is 0 Å². The summed E-state index contributed by atoms with van der Waals surface area (Å²) in [4.78, 5) is 15.0. The standard InChI is InChI=1S/C14H18N2O2/c1-2-18-9-3-7-16-14(17)12-4-5-13-11(10-12)6-8-15-13/h4-6,8,10,15H,2-3,7,9H2,1H3,(H,16,17). The SMILES string of the molecule is CCOCCCNC(=O)c1ccc2[nH]ccc2c1. The summed E-state index contributed by atoms with van der Waals surface area (Å²) >= 11 is 0. The summed E-state index contributed by atoms with van der Waals surface area (Å²) in [6, 6.07) is 7.60. The van der Waals surface area contributed by atoms with Gasteiger partial charge in [-0.2, -0.15) is 0 Å². The fourth-order valence-corrected chi connectivity index (χ4v) is 1.82. The molecule has 1 aromatic carbocycles. The highest BCUT2D eigenvalue weighted by atomic mass is 16.5. The molecule has 4 heteroatoms. The van der Waals surface area contributed by atoms with E-state index in [1.54, 1.807) is 0 Å². The molecule has 0 bridgehead atoms. The summed E-state index contributed by atoms with van der Waals surface area (Å²) in [7, 11) is 0. The van der Waals surface area contributed by atoms with E-state index < -0.39 is 0 Å². The number of hydrogen-bond acceptors (Lipinski definition) is 2.